The van der Waals surface area contributed by atoms with Gasteiger partial charge in [-0.05, 0) is 57.2 Å². The zero-order valence-corrected chi connectivity index (χ0v) is 18.5. The van der Waals surface area contributed by atoms with E-state index in [0.717, 1.165) is 73.4 Å². The molecule has 0 spiro atoms. The van der Waals surface area contributed by atoms with Gasteiger partial charge in [0.1, 0.15) is 11.6 Å². The minimum Gasteiger partial charge on any atom is -0.497 e. The summed E-state index contributed by atoms with van der Waals surface area (Å²) < 4.78 is 7.39. The van der Waals surface area contributed by atoms with Gasteiger partial charge in [0.05, 0.1) is 23.4 Å². The highest BCUT2D eigenvalue weighted by atomic mass is 35.5. The van der Waals surface area contributed by atoms with Crippen LogP contribution in [0.3, 0.4) is 0 Å². The van der Waals surface area contributed by atoms with Crippen molar-refractivity contribution in [1.29, 1.82) is 0 Å². The third kappa shape index (κ3) is 3.46. The van der Waals surface area contributed by atoms with Gasteiger partial charge in [0.15, 0.2) is 5.65 Å². The normalized spacial score (nSPS) is 13.1. The number of hydrogen-bond donors (Lipinski definition) is 0. The van der Waals surface area contributed by atoms with Crippen molar-refractivity contribution in [2.24, 2.45) is 0 Å². The molecule has 0 aliphatic heterocycles. The smallest absolute Gasteiger partial charge is 0.165 e. The molecule has 0 unspecified atom stereocenters. The second-order valence-electron chi connectivity index (χ2n) is 7.74. The zero-order chi connectivity index (χ0) is 20.5. The fourth-order valence-electron chi connectivity index (χ4n) is 4.44. The summed E-state index contributed by atoms with van der Waals surface area (Å²) in [6.07, 6.45) is 5.48. The Bertz CT molecular complexity index is 1040. The van der Waals surface area contributed by atoms with E-state index in [4.69, 9.17) is 26.4 Å². The van der Waals surface area contributed by atoms with Crippen LogP contribution < -0.4 is 9.64 Å². The van der Waals surface area contributed by atoms with Crippen molar-refractivity contribution in [3.05, 3.63) is 40.2 Å². The zero-order valence-electron chi connectivity index (χ0n) is 17.8. The van der Waals surface area contributed by atoms with E-state index in [2.05, 4.69) is 23.3 Å². The minimum absolute atomic E-state index is 0.658. The van der Waals surface area contributed by atoms with Gasteiger partial charge in [-0.3, -0.25) is 0 Å². The van der Waals surface area contributed by atoms with Crippen molar-refractivity contribution in [3.8, 4) is 16.9 Å². The van der Waals surface area contributed by atoms with Crippen molar-refractivity contribution in [2.75, 3.05) is 25.1 Å². The molecule has 29 heavy (non-hydrogen) atoms. The van der Waals surface area contributed by atoms with E-state index in [-0.39, 0.29) is 0 Å². The summed E-state index contributed by atoms with van der Waals surface area (Å²) in [7, 11) is 1.65. The molecule has 1 aromatic carbocycles. The number of aryl methyl sites for hydroxylation is 2. The maximum absolute atomic E-state index is 6.64. The SMILES string of the molecule is CCCN(CCC)c1c2c(nc3c(-c4ccc(OC)cc4Cl)c(C)nn13)CCC2. The summed E-state index contributed by atoms with van der Waals surface area (Å²) in [4.78, 5) is 7.57. The van der Waals surface area contributed by atoms with Gasteiger partial charge in [-0.2, -0.15) is 9.61 Å². The maximum atomic E-state index is 6.64. The van der Waals surface area contributed by atoms with Crippen molar-refractivity contribution in [1.82, 2.24) is 14.6 Å². The lowest BCUT2D eigenvalue weighted by molar-refractivity contribution is 0.415. The standard InChI is InChI=1S/C23H29ClN4O/c1-5-12-27(13-6-2)23-18-8-7-9-20(18)25-22-21(15(3)26-28(22)23)17-11-10-16(29-4)14-19(17)24/h10-11,14H,5-9,12-13H2,1-4H3. The second kappa shape index (κ2) is 8.23. The van der Waals surface area contributed by atoms with Gasteiger partial charge in [-0.15, -0.1) is 0 Å². The molecule has 0 bridgehead atoms. The molecule has 0 saturated carbocycles. The molecule has 6 heteroatoms. The van der Waals surface area contributed by atoms with Gasteiger partial charge in [0, 0.05) is 29.9 Å². The van der Waals surface area contributed by atoms with Crippen LogP contribution in [0.2, 0.25) is 5.02 Å². The molecular formula is C23H29ClN4O. The Kier molecular flexibility index (Phi) is 5.68. The van der Waals surface area contributed by atoms with Crippen molar-refractivity contribution < 1.29 is 4.74 Å². The van der Waals surface area contributed by atoms with Gasteiger partial charge in [0.2, 0.25) is 0 Å². The molecule has 0 radical (unpaired) electrons. The maximum Gasteiger partial charge on any atom is 0.165 e. The second-order valence-corrected chi connectivity index (χ2v) is 8.15. The van der Waals surface area contributed by atoms with Crippen LogP contribution in [0.4, 0.5) is 5.82 Å². The highest BCUT2D eigenvalue weighted by molar-refractivity contribution is 6.33. The van der Waals surface area contributed by atoms with Crippen LogP contribution in [0.5, 0.6) is 5.75 Å². The van der Waals surface area contributed by atoms with E-state index >= 15 is 0 Å². The van der Waals surface area contributed by atoms with E-state index in [1.807, 2.05) is 25.1 Å². The monoisotopic (exact) mass is 412 g/mol. The molecule has 0 N–H and O–H groups in total. The average molecular weight is 413 g/mol. The van der Waals surface area contributed by atoms with Crippen molar-refractivity contribution in [2.45, 2.75) is 52.9 Å². The molecule has 0 amide bonds. The average Bonchev–Trinajstić information content (AvgIpc) is 3.29. The van der Waals surface area contributed by atoms with Crippen molar-refractivity contribution >= 4 is 23.1 Å². The molecular weight excluding hydrogens is 384 g/mol. The number of hydrogen-bond acceptors (Lipinski definition) is 4. The lowest BCUT2D eigenvalue weighted by Gasteiger charge is -2.26. The fraction of sp³-hybridized carbons (Fsp3) is 0.478. The molecule has 1 aliphatic carbocycles. The van der Waals surface area contributed by atoms with Crippen LogP contribution in [0.25, 0.3) is 16.8 Å². The van der Waals surface area contributed by atoms with Crippen LogP contribution >= 0.6 is 11.6 Å². The van der Waals surface area contributed by atoms with Crippen LogP contribution in [-0.4, -0.2) is 34.8 Å². The molecule has 0 atom stereocenters. The number of rotatable bonds is 7. The number of methoxy groups -OCH3 is 1. The van der Waals surface area contributed by atoms with Gasteiger partial charge < -0.3 is 9.64 Å². The van der Waals surface area contributed by atoms with E-state index < -0.39 is 0 Å². The first-order chi connectivity index (χ1) is 14.1. The molecule has 2 heterocycles. The van der Waals surface area contributed by atoms with Gasteiger partial charge >= 0.3 is 0 Å². The lowest BCUT2D eigenvalue weighted by atomic mass is 10.1. The summed E-state index contributed by atoms with van der Waals surface area (Å²) in [6, 6.07) is 5.81. The lowest BCUT2D eigenvalue weighted by Crippen LogP contribution is -2.29. The number of ether oxygens (including phenoxy) is 1. The van der Waals surface area contributed by atoms with Crippen LogP contribution in [0.15, 0.2) is 18.2 Å². The Hall–Kier alpha value is -2.27. The first-order valence-electron chi connectivity index (χ1n) is 10.6. The first-order valence-corrected chi connectivity index (χ1v) is 11.0. The van der Waals surface area contributed by atoms with E-state index in [1.165, 1.54) is 17.1 Å². The summed E-state index contributed by atoms with van der Waals surface area (Å²) in [5, 5.41) is 5.62. The molecule has 0 saturated heterocycles. The Balaban J connectivity index is 1.98. The molecule has 2 aromatic heterocycles. The Labute approximate surface area is 177 Å². The summed E-state index contributed by atoms with van der Waals surface area (Å²) in [5.74, 6) is 1.98. The number of aromatic nitrogens is 3. The van der Waals surface area contributed by atoms with E-state index in [9.17, 15) is 0 Å². The van der Waals surface area contributed by atoms with Gasteiger partial charge in [-0.25, -0.2) is 4.98 Å². The predicted octanol–water partition coefficient (Wildman–Crippen LogP) is 5.48. The Morgan fingerprint density at radius 1 is 1.17 bits per heavy atom. The number of halogens is 1. The minimum atomic E-state index is 0.658. The van der Waals surface area contributed by atoms with Crippen LogP contribution in [0.1, 0.15) is 50.1 Å². The van der Waals surface area contributed by atoms with E-state index in [1.54, 1.807) is 7.11 Å². The highest BCUT2D eigenvalue weighted by Crippen LogP contribution is 2.39. The van der Waals surface area contributed by atoms with Gasteiger partial charge in [-0.1, -0.05) is 25.4 Å². The third-order valence-electron chi connectivity index (χ3n) is 5.67. The van der Waals surface area contributed by atoms with E-state index in [0.29, 0.717) is 5.02 Å². The summed E-state index contributed by atoms with van der Waals surface area (Å²) >= 11 is 6.64. The third-order valence-corrected chi connectivity index (χ3v) is 5.98. The quantitative estimate of drug-likeness (QED) is 0.515. The summed E-state index contributed by atoms with van der Waals surface area (Å²) in [6.45, 7) is 8.56. The predicted molar refractivity (Wildman–Crippen MR) is 120 cm³/mol. The number of nitrogens with zero attached hydrogens (tertiary/aromatic N) is 4. The highest BCUT2D eigenvalue weighted by Gasteiger charge is 2.27. The largest absolute Gasteiger partial charge is 0.497 e. The Morgan fingerprint density at radius 3 is 2.59 bits per heavy atom. The number of fused-ring (bicyclic) bond motifs is 2. The van der Waals surface area contributed by atoms with Gasteiger partial charge in [0.25, 0.3) is 0 Å². The molecule has 154 valence electrons. The molecule has 0 fully saturated rings. The molecule has 3 aromatic rings. The first kappa shape index (κ1) is 20.0. The number of benzene rings is 1. The molecule has 1 aliphatic rings. The molecule has 5 nitrogen and oxygen atoms in total. The number of anilines is 1. The fourth-order valence-corrected chi connectivity index (χ4v) is 4.71. The van der Waals surface area contributed by atoms with Crippen molar-refractivity contribution in [3.63, 3.8) is 0 Å². The topological polar surface area (TPSA) is 42.7 Å². The molecule has 4 rings (SSSR count). The van der Waals surface area contributed by atoms with Crippen LogP contribution in [0, 0.1) is 6.92 Å². The van der Waals surface area contributed by atoms with Crippen LogP contribution in [-0.2, 0) is 12.8 Å². The summed E-state index contributed by atoms with van der Waals surface area (Å²) in [5.41, 5.74) is 6.41. The Morgan fingerprint density at radius 2 is 1.93 bits per heavy atom.